The Labute approximate surface area is 73.3 Å². The van der Waals surface area contributed by atoms with Crippen LogP contribution in [0, 0.1) is 11.3 Å². The summed E-state index contributed by atoms with van der Waals surface area (Å²) in [4.78, 5) is 0.566. The Kier molecular flexibility index (Phi) is 2.97. The second-order valence-corrected chi connectivity index (χ2v) is 3.31. The van der Waals surface area contributed by atoms with Crippen LogP contribution in [-0.2, 0) is 15.3 Å². The van der Waals surface area contributed by atoms with Gasteiger partial charge in [-0.1, -0.05) is 0 Å². The lowest BCUT2D eigenvalue weighted by molar-refractivity contribution is 0.446. The largest absolute Gasteiger partial charge is 0.290 e. The van der Waals surface area contributed by atoms with Crippen molar-refractivity contribution in [1.82, 2.24) is 0 Å². The fourth-order valence-electron chi connectivity index (χ4n) is 0.737. The third-order valence-corrected chi connectivity index (χ3v) is 2.29. The van der Waals surface area contributed by atoms with Crippen LogP contribution in [0.4, 0.5) is 0 Å². The van der Waals surface area contributed by atoms with Crippen LogP contribution in [0.15, 0.2) is 29.2 Å². The van der Waals surface area contributed by atoms with E-state index in [-0.39, 0.29) is 0 Å². The molecular formula is C8H7NO2S. The summed E-state index contributed by atoms with van der Waals surface area (Å²) in [5.74, 6) is 0. The monoisotopic (exact) mass is 181 g/mol. The van der Waals surface area contributed by atoms with Crippen LogP contribution in [0.25, 0.3) is 0 Å². The van der Waals surface area contributed by atoms with Crippen molar-refractivity contribution in [2.24, 2.45) is 0 Å². The Morgan fingerprint density at radius 1 is 1.42 bits per heavy atom. The Balaban J connectivity index is 2.94. The molecule has 0 bridgehead atoms. The second kappa shape index (κ2) is 4.00. The van der Waals surface area contributed by atoms with E-state index in [1.54, 1.807) is 24.3 Å². The number of hydrogen-bond acceptors (Lipinski definition) is 3. The van der Waals surface area contributed by atoms with Gasteiger partial charge in [0.2, 0.25) is 0 Å². The third-order valence-electron chi connectivity index (χ3n) is 1.33. The summed E-state index contributed by atoms with van der Waals surface area (Å²) in [7, 11) is 1.37. The molecular weight excluding hydrogens is 174 g/mol. The smallest absolute Gasteiger partial charge is 0.188 e. The van der Waals surface area contributed by atoms with Gasteiger partial charge < -0.3 is 0 Å². The molecule has 0 aromatic heterocycles. The molecule has 0 spiro atoms. The molecule has 0 N–H and O–H groups in total. The number of rotatable bonds is 2. The maximum Gasteiger partial charge on any atom is 0.188 e. The van der Waals surface area contributed by atoms with E-state index in [9.17, 15) is 4.21 Å². The molecule has 62 valence electrons. The molecule has 0 aliphatic rings. The van der Waals surface area contributed by atoms with Crippen molar-refractivity contribution < 1.29 is 8.39 Å². The fourth-order valence-corrected chi connectivity index (χ4v) is 1.29. The average molecular weight is 181 g/mol. The molecule has 0 fully saturated rings. The first kappa shape index (κ1) is 8.91. The quantitative estimate of drug-likeness (QED) is 0.689. The minimum atomic E-state index is -1.41. The maximum absolute atomic E-state index is 11.0. The van der Waals surface area contributed by atoms with Crippen molar-refractivity contribution in [3.8, 4) is 6.07 Å². The van der Waals surface area contributed by atoms with E-state index in [0.29, 0.717) is 10.5 Å². The van der Waals surface area contributed by atoms with Crippen molar-refractivity contribution in [2.75, 3.05) is 7.11 Å². The van der Waals surface area contributed by atoms with Crippen LogP contribution in [-0.4, -0.2) is 11.3 Å². The first-order valence-electron chi connectivity index (χ1n) is 3.24. The van der Waals surface area contributed by atoms with Gasteiger partial charge in [0, 0.05) is 0 Å². The van der Waals surface area contributed by atoms with Crippen LogP contribution in [0.2, 0.25) is 0 Å². The standard InChI is InChI=1S/C8H7NO2S/c1-11-12(10)8-4-2-7(6-9)3-5-8/h2-5H,1H3/t12-/m1/s1. The first-order valence-corrected chi connectivity index (χ1v) is 4.32. The van der Waals surface area contributed by atoms with Crippen LogP contribution in [0.3, 0.4) is 0 Å². The van der Waals surface area contributed by atoms with E-state index in [2.05, 4.69) is 4.18 Å². The molecule has 3 nitrogen and oxygen atoms in total. The summed E-state index contributed by atoms with van der Waals surface area (Å²) >= 11 is -1.41. The van der Waals surface area contributed by atoms with Crippen molar-refractivity contribution in [3.63, 3.8) is 0 Å². The molecule has 0 unspecified atom stereocenters. The van der Waals surface area contributed by atoms with Crippen LogP contribution >= 0.6 is 0 Å². The maximum atomic E-state index is 11.0. The zero-order valence-corrected chi connectivity index (χ0v) is 7.30. The summed E-state index contributed by atoms with van der Waals surface area (Å²) in [5.41, 5.74) is 0.548. The van der Waals surface area contributed by atoms with Gasteiger partial charge in [-0.3, -0.25) is 4.18 Å². The summed E-state index contributed by atoms with van der Waals surface area (Å²) in [5, 5.41) is 8.47. The fraction of sp³-hybridized carbons (Fsp3) is 0.125. The number of benzene rings is 1. The molecule has 1 aromatic rings. The predicted molar refractivity (Wildman–Crippen MR) is 44.6 cm³/mol. The molecule has 4 heteroatoms. The van der Waals surface area contributed by atoms with Gasteiger partial charge in [-0.2, -0.15) is 5.26 Å². The number of hydrogen-bond donors (Lipinski definition) is 0. The Morgan fingerprint density at radius 2 is 2.00 bits per heavy atom. The van der Waals surface area contributed by atoms with Gasteiger partial charge in [0.05, 0.1) is 23.6 Å². The molecule has 0 aliphatic heterocycles. The Hall–Kier alpha value is -1.18. The lowest BCUT2D eigenvalue weighted by Gasteiger charge is -1.96. The highest BCUT2D eigenvalue weighted by atomic mass is 32.2. The van der Waals surface area contributed by atoms with Gasteiger partial charge in [-0.05, 0) is 24.3 Å². The SMILES string of the molecule is CO[S@@](=O)c1ccc(C#N)cc1. The van der Waals surface area contributed by atoms with Crippen molar-refractivity contribution in [3.05, 3.63) is 29.8 Å². The van der Waals surface area contributed by atoms with E-state index in [0.717, 1.165) is 0 Å². The van der Waals surface area contributed by atoms with Crippen LogP contribution in [0.1, 0.15) is 5.56 Å². The molecule has 0 saturated heterocycles. The topological polar surface area (TPSA) is 50.1 Å². The summed E-state index contributed by atoms with van der Waals surface area (Å²) in [6.45, 7) is 0. The van der Waals surface area contributed by atoms with Crippen molar-refractivity contribution >= 4 is 11.1 Å². The molecule has 1 aromatic carbocycles. The Morgan fingerprint density at radius 3 is 2.42 bits per heavy atom. The summed E-state index contributed by atoms with van der Waals surface area (Å²) in [6.07, 6.45) is 0. The minimum absolute atomic E-state index is 0.548. The Bertz CT molecular complexity index is 326. The lowest BCUT2D eigenvalue weighted by atomic mass is 10.2. The minimum Gasteiger partial charge on any atom is -0.290 e. The van der Waals surface area contributed by atoms with Crippen LogP contribution in [0.5, 0.6) is 0 Å². The van der Waals surface area contributed by atoms with Crippen molar-refractivity contribution in [1.29, 1.82) is 5.26 Å². The number of nitriles is 1. The summed E-state index contributed by atoms with van der Waals surface area (Å²) < 4.78 is 15.6. The molecule has 0 aliphatic carbocycles. The summed E-state index contributed by atoms with van der Waals surface area (Å²) in [6, 6.07) is 8.40. The van der Waals surface area contributed by atoms with E-state index in [4.69, 9.17) is 5.26 Å². The highest BCUT2D eigenvalue weighted by Gasteiger charge is 2.00. The van der Waals surface area contributed by atoms with E-state index >= 15 is 0 Å². The molecule has 0 saturated carbocycles. The molecule has 1 atom stereocenters. The molecule has 12 heavy (non-hydrogen) atoms. The van der Waals surface area contributed by atoms with Gasteiger partial charge in [0.1, 0.15) is 0 Å². The van der Waals surface area contributed by atoms with Gasteiger partial charge >= 0.3 is 0 Å². The zero-order valence-electron chi connectivity index (χ0n) is 6.48. The number of nitrogens with zero attached hydrogens (tertiary/aromatic N) is 1. The predicted octanol–water partition coefficient (Wildman–Crippen LogP) is 1.23. The van der Waals surface area contributed by atoms with Gasteiger partial charge in [-0.25, -0.2) is 4.21 Å². The van der Waals surface area contributed by atoms with Crippen LogP contribution < -0.4 is 0 Å². The zero-order chi connectivity index (χ0) is 8.97. The lowest BCUT2D eigenvalue weighted by Crippen LogP contribution is -1.92. The molecule has 0 radical (unpaired) electrons. The van der Waals surface area contributed by atoms with Gasteiger partial charge in [0.25, 0.3) is 0 Å². The highest BCUT2D eigenvalue weighted by Crippen LogP contribution is 2.08. The normalized spacial score (nSPS) is 12.0. The van der Waals surface area contributed by atoms with E-state index < -0.39 is 11.1 Å². The molecule has 1 rings (SSSR count). The van der Waals surface area contributed by atoms with Gasteiger partial charge in [0.15, 0.2) is 11.1 Å². The van der Waals surface area contributed by atoms with E-state index in [1.807, 2.05) is 6.07 Å². The van der Waals surface area contributed by atoms with Crippen molar-refractivity contribution in [2.45, 2.75) is 4.90 Å². The first-order chi connectivity index (χ1) is 5.77. The average Bonchev–Trinajstić information content (AvgIpc) is 2.17. The second-order valence-electron chi connectivity index (χ2n) is 2.04. The van der Waals surface area contributed by atoms with Gasteiger partial charge in [-0.15, -0.1) is 0 Å². The molecule has 0 amide bonds. The molecule has 0 heterocycles. The van der Waals surface area contributed by atoms with E-state index in [1.165, 1.54) is 7.11 Å². The third kappa shape index (κ3) is 1.91. The highest BCUT2D eigenvalue weighted by molar-refractivity contribution is 7.80.